The zero-order valence-corrected chi connectivity index (χ0v) is 20.4. The molecule has 0 saturated carbocycles. The van der Waals surface area contributed by atoms with Gasteiger partial charge in [-0.25, -0.2) is 12.4 Å². The van der Waals surface area contributed by atoms with Crippen molar-refractivity contribution in [2.24, 2.45) is 0 Å². The van der Waals surface area contributed by atoms with Crippen molar-refractivity contribution in [1.29, 1.82) is 0 Å². The van der Waals surface area contributed by atoms with Crippen molar-refractivity contribution in [1.82, 2.24) is 8.87 Å². The van der Waals surface area contributed by atoms with E-state index in [-0.39, 0.29) is 4.90 Å². The minimum absolute atomic E-state index is 0.254. The number of methoxy groups -OCH3 is 1. The van der Waals surface area contributed by atoms with E-state index < -0.39 is 10.0 Å². The van der Waals surface area contributed by atoms with E-state index in [2.05, 4.69) is 16.8 Å². The SMILES string of the molecule is COc1c(N2CCN(C)CC2)cc(S(=O)(=O)n2cc(C)c3ccc(Cl)cc32)c2ccccc12. The molecule has 8 heteroatoms. The van der Waals surface area contributed by atoms with E-state index in [1.165, 1.54) is 3.97 Å². The lowest BCUT2D eigenvalue weighted by molar-refractivity contribution is 0.311. The van der Waals surface area contributed by atoms with Crippen LogP contribution in [0, 0.1) is 6.92 Å². The van der Waals surface area contributed by atoms with E-state index in [4.69, 9.17) is 16.3 Å². The number of aromatic nitrogens is 1. The van der Waals surface area contributed by atoms with Crippen molar-refractivity contribution in [3.8, 4) is 5.75 Å². The molecule has 5 rings (SSSR count). The van der Waals surface area contributed by atoms with Gasteiger partial charge in [-0.2, -0.15) is 0 Å². The monoisotopic (exact) mass is 483 g/mol. The molecule has 4 aromatic rings. The second-order valence-corrected chi connectivity index (χ2v) is 10.8. The van der Waals surface area contributed by atoms with Gasteiger partial charge in [-0.05, 0) is 37.7 Å². The molecule has 1 aliphatic heterocycles. The van der Waals surface area contributed by atoms with E-state index in [0.717, 1.165) is 48.2 Å². The molecule has 172 valence electrons. The van der Waals surface area contributed by atoms with Gasteiger partial charge in [-0.1, -0.05) is 41.9 Å². The number of hydrogen-bond acceptors (Lipinski definition) is 5. The third kappa shape index (κ3) is 3.64. The average molecular weight is 484 g/mol. The van der Waals surface area contributed by atoms with E-state index >= 15 is 0 Å². The second-order valence-electron chi connectivity index (χ2n) is 8.54. The Morgan fingerprint density at radius 3 is 2.33 bits per heavy atom. The number of likely N-dealkylation sites (N-methyl/N-ethyl adjacent to an activating group) is 1. The highest BCUT2D eigenvalue weighted by molar-refractivity contribution is 7.90. The van der Waals surface area contributed by atoms with Crippen LogP contribution in [0.1, 0.15) is 5.56 Å². The maximum absolute atomic E-state index is 14.1. The van der Waals surface area contributed by atoms with Crippen LogP contribution in [0.2, 0.25) is 5.02 Å². The molecule has 0 spiro atoms. The van der Waals surface area contributed by atoms with Crippen LogP contribution in [0.15, 0.2) is 59.6 Å². The van der Waals surface area contributed by atoms with Gasteiger partial charge in [-0.3, -0.25) is 0 Å². The summed E-state index contributed by atoms with van der Waals surface area (Å²) in [4.78, 5) is 4.73. The summed E-state index contributed by atoms with van der Waals surface area (Å²) in [5.41, 5.74) is 2.25. The van der Waals surface area contributed by atoms with Gasteiger partial charge in [0.1, 0.15) is 5.75 Å². The van der Waals surface area contributed by atoms with Gasteiger partial charge in [0.25, 0.3) is 10.0 Å². The van der Waals surface area contributed by atoms with Crippen molar-refractivity contribution in [2.45, 2.75) is 11.8 Å². The molecule has 3 aromatic carbocycles. The zero-order chi connectivity index (χ0) is 23.3. The molecular formula is C25H26ClN3O3S. The Labute approximate surface area is 199 Å². The highest BCUT2D eigenvalue weighted by Crippen LogP contribution is 2.41. The molecule has 1 aromatic heterocycles. The van der Waals surface area contributed by atoms with Gasteiger partial charge < -0.3 is 14.5 Å². The molecule has 0 amide bonds. The quantitative estimate of drug-likeness (QED) is 0.419. The van der Waals surface area contributed by atoms with Gasteiger partial charge in [0.15, 0.2) is 0 Å². The van der Waals surface area contributed by atoms with Crippen LogP contribution in [0.3, 0.4) is 0 Å². The molecule has 2 heterocycles. The highest BCUT2D eigenvalue weighted by atomic mass is 35.5. The number of fused-ring (bicyclic) bond motifs is 2. The fourth-order valence-corrected chi connectivity index (χ4v) is 6.45. The van der Waals surface area contributed by atoms with Gasteiger partial charge in [0, 0.05) is 53.6 Å². The number of hydrogen-bond donors (Lipinski definition) is 0. The third-order valence-corrected chi connectivity index (χ3v) is 8.40. The van der Waals surface area contributed by atoms with Crippen molar-refractivity contribution >= 4 is 49.0 Å². The standard InChI is InChI=1S/C25H26ClN3O3S/c1-17-16-29(22-14-18(26)8-9-19(17)22)33(30,31)24-15-23(28-12-10-27(2)11-13-28)25(32-3)21-7-5-4-6-20(21)24/h4-9,14-16H,10-13H2,1-3H3. The number of benzene rings is 3. The lowest BCUT2D eigenvalue weighted by atomic mass is 10.1. The molecule has 1 aliphatic rings. The summed E-state index contributed by atoms with van der Waals surface area (Å²) in [6.07, 6.45) is 1.67. The van der Waals surface area contributed by atoms with Crippen LogP contribution in [0.5, 0.6) is 5.75 Å². The molecule has 0 bridgehead atoms. The summed E-state index contributed by atoms with van der Waals surface area (Å²) >= 11 is 6.23. The first-order valence-electron chi connectivity index (χ1n) is 10.9. The van der Waals surface area contributed by atoms with E-state index in [1.807, 2.05) is 37.3 Å². The number of aryl methyl sites for hydroxylation is 1. The normalized spacial score (nSPS) is 15.5. The van der Waals surface area contributed by atoms with E-state index in [0.29, 0.717) is 21.7 Å². The molecule has 1 saturated heterocycles. The first-order valence-corrected chi connectivity index (χ1v) is 12.7. The molecule has 6 nitrogen and oxygen atoms in total. The van der Waals surface area contributed by atoms with Crippen LogP contribution in [0.4, 0.5) is 5.69 Å². The number of anilines is 1. The molecule has 0 N–H and O–H groups in total. The largest absolute Gasteiger partial charge is 0.494 e. The van der Waals surface area contributed by atoms with Crippen molar-refractivity contribution < 1.29 is 13.2 Å². The maximum atomic E-state index is 14.1. The van der Waals surface area contributed by atoms with E-state index in [9.17, 15) is 8.42 Å². The lowest BCUT2D eigenvalue weighted by Crippen LogP contribution is -2.44. The van der Waals surface area contributed by atoms with Crippen LogP contribution in [-0.4, -0.2) is 57.6 Å². The van der Waals surface area contributed by atoms with Crippen LogP contribution in [-0.2, 0) is 10.0 Å². The summed E-state index contributed by atoms with van der Waals surface area (Å²) in [5.74, 6) is 0.700. The summed E-state index contributed by atoms with van der Waals surface area (Å²) in [6.45, 7) is 5.30. The summed E-state index contributed by atoms with van der Waals surface area (Å²) in [7, 11) is -0.188. The first-order chi connectivity index (χ1) is 15.8. The Bertz CT molecular complexity index is 1470. The predicted octanol–water partition coefficient (Wildman–Crippen LogP) is 4.75. The molecule has 0 aliphatic carbocycles. The Hall–Kier alpha value is -2.74. The third-order valence-electron chi connectivity index (χ3n) is 6.46. The minimum Gasteiger partial charge on any atom is -0.494 e. The first kappa shape index (κ1) is 22.1. The highest BCUT2D eigenvalue weighted by Gasteiger charge is 2.28. The van der Waals surface area contributed by atoms with Gasteiger partial charge in [0.2, 0.25) is 0 Å². The van der Waals surface area contributed by atoms with Crippen molar-refractivity contribution in [3.63, 3.8) is 0 Å². The number of piperazine rings is 1. The smallest absolute Gasteiger partial charge is 0.268 e. The maximum Gasteiger partial charge on any atom is 0.268 e. The van der Waals surface area contributed by atoms with Crippen LogP contribution in [0.25, 0.3) is 21.7 Å². The Balaban J connectivity index is 1.79. The molecule has 1 fully saturated rings. The fraction of sp³-hybridized carbons (Fsp3) is 0.280. The Kier molecular flexibility index (Phi) is 5.51. The minimum atomic E-state index is -3.92. The summed E-state index contributed by atoms with van der Waals surface area (Å²) < 4.78 is 35.4. The van der Waals surface area contributed by atoms with Gasteiger partial charge >= 0.3 is 0 Å². The number of rotatable bonds is 4. The van der Waals surface area contributed by atoms with E-state index in [1.54, 1.807) is 31.5 Å². The molecular weight excluding hydrogens is 458 g/mol. The Morgan fingerprint density at radius 2 is 1.64 bits per heavy atom. The second kappa shape index (κ2) is 8.24. The van der Waals surface area contributed by atoms with Crippen molar-refractivity contribution in [3.05, 3.63) is 65.3 Å². The van der Waals surface area contributed by atoms with Crippen LogP contribution < -0.4 is 9.64 Å². The number of halogens is 1. The molecule has 33 heavy (non-hydrogen) atoms. The van der Waals surface area contributed by atoms with Gasteiger partial charge in [0.05, 0.1) is 23.2 Å². The Morgan fingerprint density at radius 1 is 0.939 bits per heavy atom. The number of nitrogens with zero attached hydrogens (tertiary/aromatic N) is 3. The van der Waals surface area contributed by atoms with Gasteiger partial charge in [-0.15, -0.1) is 0 Å². The zero-order valence-electron chi connectivity index (χ0n) is 18.9. The molecule has 0 atom stereocenters. The predicted molar refractivity (Wildman–Crippen MR) is 134 cm³/mol. The molecule has 0 radical (unpaired) electrons. The molecule has 0 unspecified atom stereocenters. The summed E-state index contributed by atoms with van der Waals surface area (Å²) in [6, 6.07) is 14.6. The lowest BCUT2D eigenvalue weighted by Gasteiger charge is -2.35. The topological polar surface area (TPSA) is 54.8 Å². The average Bonchev–Trinajstić information content (AvgIpc) is 3.14. The fourth-order valence-electron chi connectivity index (χ4n) is 4.65. The van der Waals surface area contributed by atoms with Crippen molar-refractivity contribution in [2.75, 3.05) is 45.2 Å². The number of ether oxygens (including phenoxy) is 1. The summed E-state index contributed by atoms with van der Waals surface area (Å²) in [5, 5.41) is 2.77. The van der Waals surface area contributed by atoms with Crippen LogP contribution >= 0.6 is 11.6 Å².